The molecule has 0 unspecified atom stereocenters. The van der Waals surface area contributed by atoms with Gasteiger partial charge < -0.3 is 5.32 Å². The summed E-state index contributed by atoms with van der Waals surface area (Å²) in [5.41, 5.74) is 0. The van der Waals surface area contributed by atoms with Crippen molar-refractivity contribution in [3.8, 4) is 0 Å². The van der Waals surface area contributed by atoms with Crippen molar-refractivity contribution in [2.75, 3.05) is 20.1 Å². The van der Waals surface area contributed by atoms with Gasteiger partial charge in [0.1, 0.15) is 4.90 Å². The van der Waals surface area contributed by atoms with Crippen LogP contribution in [0.1, 0.15) is 31.6 Å². The van der Waals surface area contributed by atoms with Gasteiger partial charge in [-0.25, -0.2) is 8.42 Å². The molecule has 0 bridgehead atoms. The van der Waals surface area contributed by atoms with Gasteiger partial charge in [0.25, 0.3) is 0 Å². The summed E-state index contributed by atoms with van der Waals surface area (Å²) in [4.78, 5) is 1.41. The molecule has 0 aromatic carbocycles. The van der Waals surface area contributed by atoms with Crippen LogP contribution in [0.3, 0.4) is 0 Å². The molecular formula is C12H21BrN2O2S2. The second-order valence-electron chi connectivity index (χ2n) is 4.29. The normalized spacial score (nSPS) is 12.3. The molecule has 1 rings (SSSR count). The molecule has 0 aliphatic rings. The van der Waals surface area contributed by atoms with Gasteiger partial charge in [0.15, 0.2) is 0 Å². The van der Waals surface area contributed by atoms with Crippen LogP contribution in [0.5, 0.6) is 0 Å². The Morgan fingerprint density at radius 3 is 2.37 bits per heavy atom. The van der Waals surface area contributed by atoms with Crippen LogP contribution in [0.15, 0.2) is 14.7 Å². The fourth-order valence-corrected chi connectivity index (χ4v) is 6.09. The van der Waals surface area contributed by atoms with E-state index in [1.807, 2.05) is 20.9 Å². The monoisotopic (exact) mass is 368 g/mol. The van der Waals surface area contributed by atoms with Crippen molar-refractivity contribution in [1.82, 2.24) is 9.62 Å². The Kier molecular flexibility index (Phi) is 6.96. The maximum absolute atomic E-state index is 12.6. The quantitative estimate of drug-likeness (QED) is 0.766. The molecule has 19 heavy (non-hydrogen) atoms. The van der Waals surface area contributed by atoms with E-state index in [0.29, 0.717) is 28.3 Å². The van der Waals surface area contributed by atoms with Crippen LogP contribution in [0, 0.1) is 0 Å². The fourth-order valence-electron chi connectivity index (χ4n) is 1.83. The highest BCUT2D eigenvalue weighted by molar-refractivity contribution is 9.11. The molecule has 0 fully saturated rings. The van der Waals surface area contributed by atoms with Gasteiger partial charge in [0.05, 0.1) is 3.79 Å². The maximum Gasteiger partial charge on any atom is 0.245 e. The van der Waals surface area contributed by atoms with Crippen LogP contribution >= 0.6 is 27.3 Å². The van der Waals surface area contributed by atoms with E-state index in [-0.39, 0.29) is 0 Å². The largest absolute Gasteiger partial charge is 0.315 e. The number of hydrogen-bond acceptors (Lipinski definition) is 4. The lowest BCUT2D eigenvalue weighted by Gasteiger charge is -2.20. The lowest BCUT2D eigenvalue weighted by molar-refractivity contribution is 0.410. The average molecular weight is 369 g/mol. The summed E-state index contributed by atoms with van der Waals surface area (Å²) in [5.74, 6) is 0. The number of nitrogens with zero attached hydrogens (tertiary/aromatic N) is 1. The smallest absolute Gasteiger partial charge is 0.245 e. The highest BCUT2D eigenvalue weighted by Gasteiger charge is 2.27. The Balaban J connectivity index is 3.09. The van der Waals surface area contributed by atoms with Gasteiger partial charge in [0, 0.05) is 24.5 Å². The van der Waals surface area contributed by atoms with E-state index < -0.39 is 10.0 Å². The number of rotatable bonds is 8. The molecule has 0 saturated carbocycles. The molecule has 0 radical (unpaired) electrons. The first-order valence-electron chi connectivity index (χ1n) is 6.40. The van der Waals surface area contributed by atoms with E-state index in [9.17, 15) is 8.42 Å². The summed E-state index contributed by atoms with van der Waals surface area (Å²) in [7, 11) is -1.53. The van der Waals surface area contributed by atoms with Gasteiger partial charge >= 0.3 is 0 Å². The highest BCUT2D eigenvalue weighted by atomic mass is 79.9. The number of sulfonamides is 1. The zero-order valence-electron chi connectivity index (χ0n) is 11.6. The fraction of sp³-hybridized carbons (Fsp3) is 0.667. The van der Waals surface area contributed by atoms with E-state index in [1.54, 1.807) is 10.4 Å². The van der Waals surface area contributed by atoms with E-state index in [4.69, 9.17) is 0 Å². The van der Waals surface area contributed by atoms with Crippen LogP contribution in [0.25, 0.3) is 0 Å². The molecule has 1 aromatic heterocycles. The summed E-state index contributed by atoms with van der Waals surface area (Å²) in [5, 5.41) is 3.04. The van der Waals surface area contributed by atoms with Gasteiger partial charge in [-0.15, -0.1) is 11.3 Å². The van der Waals surface area contributed by atoms with Gasteiger partial charge in [0.2, 0.25) is 10.0 Å². The first-order valence-corrected chi connectivity index (χ1v) is 9.45. The number of nitrogens with one attached hydrogen (secondary N) is 1. The van der Waals surface area contributed by atoms with Crippen molar-refractivity contribution in [2.45, 2.75) is 38.1 Å². The third kappa shape index (κ3) is 4.26. The van der Waals surface area contributed by atoms with Crippen molar-refractivity contribution < 1.29 is 8.42 Å². The zero-order valence-corrected chi connectivity index (χ0v) is 14.8. The van der Waals surface area contributed by atoms with Gasteiger partial charge in [-0.3, -0.25) is 0 Å². The van der Waals surface area contributed by atoms with Crippen molar-refractivity contribution >= 4 is 37.3 Å². The van der Waals surface area contributed by atoms with Crippen LogP contribution in [-0.2, 0) is 16.6 Å². The number of hydrogen-bond donors (Lipinski definition) is 1. The minimum atomic E-state index is -3.38. The molecule has 0 saturated heterocycles. The molecule has 4 nitrogen and oxygen atoms in total. The molecule has 1 N–H and O–H groups in total. The summed E-state index contributed by atoms with van der Waals surface area (Å²) in [6, 6.07) is 1.76. The molecule has 0 atom stereocenters. The summed E-state index contributed by atoms with van der Waals surface area (Å²) >= 11 is 4.85. The summed E-state index contributed by atoms with van der Waals surface area (Å²) in [6.07, 6.45) is 1.65. The number of thiophene rings is 1. The first kappa shape index (κ1) is 17.1. The molecular weight excluding hydrogens is 348 g/mol. The van der Waals surface area contributed by atoms with Crippen LogP contribution in [0.4, 0.5) is 0 Å². The van der Waals surface area contributed by atoms with E-state index >= 15 is 0 Å². The van der Waals surface area contributed by atoms with E-state index in [0.717, 1.165) is 17.7 Å². The lowest BCUT2D eigenvalue weighted by Crippen LogP contribution is -2.32. The van der Waals surface area contributed by atoms with Gasteiger partial charge in [-0.05, 0) is 41.9 Å². The maximum atomic E-state index is 12.6. The minimum Gasteiger partial charge on any atom is -0.315 e. The average Bonchev–Trinajstić information content (AvgIpc) is 2.71. The summed E-state index contributed by atoms with van der Waals surface area (Å²) in [6.45, 7) is 5.81. The van der Waals surface area contributed by atoms with E-state index in [2.05, 4.69) is 21.2 Å². The third-order valence-electron chi connectivity index (χ3n) is 2.62. The molecule has 110 valence electrons. The molecule has 7 heteroatoms. The Morgan fingerprint density at radius 1 is 1.32 bits per heavy atom. The Bertz CT molecular complexity index is 494. The zero-order chi connectivity index (χ0) is 14.5. The molecule has 1 aromatic rings. The molecule has 1 heterocycles. The summed E-state index contributed by atoms with van der Waals surface area (Å²) < 4.78 is 27.5. The molecule has 0 aliphatic heterocycles. The van der Waals surface area contributed by atoms with Crippen molar-refractivity contribution in [2.24, 2.45) is 0 Å². The second kappa shape index (κ2) is 7.73. The third-order valence-corrected chi connectivity index (χ3v) is 6.77. The predicted octanol–water partition coefficient (Wildman–Crippen LogP) is 3.04. The Hall–Kier alpha value is 0.0500. The second-order valence-corrected chi connectivity index (χ2v) is 8.65. The standard InChI is InChI=1S/C12H21BrN2O2S2/c1-4-6-15(7-5-2)19(16,17)11-8-10(9-14-3)18-12(11)13/h8,14H,4-7,9H2,1-3H3. The van der Waals surface area contributed by atoms with Crippen LogP contribution < -0.4 is 5.32 Å². The van der Waals surface area contributed by atoms with Crippen LogP contribution in [-0.4, -0.2) is 32.9 Å². The van der Waals surface area contributed by atoms with Crippen LogP contribution in [0.2, 0.25) is 0 Å². The SMILES string of the molecule is CCCN(CCC)S(=O)(=O)c1cc(CNC)sc1Br. The van der Waals surface area contributed by atoms with Crippen molar-refractivity contribution in [3.05, 3.63) is 14.7 Å². The topological polar surface area (TPSA) is 49.4 Å². The number of halogens is 1. The minimum absolute atomic E-state index is 0.393. The van der Waals surface area contributed by atoms with Crippen molar-refractivity contribution in [3.63, 3.8) is 0 Å². The van der Waals surface area contributed by atoms with Gasteiger partial charge in [-0.1, -0.05) is 13.8 Å². The van der Waals surface area contributed by atoms with Gasteiger partial charge in [-0.2, -0.15) is 4.31 Å². The molecule has 0 aliphatic carbocycles. The first-order chi connectivity index (χ1) is 8.97. The van der Waals surface area contributed by atoms with Crippen molar-refractivity contribution in [1.29, 1.82) is 0 Å². The lowest BCUT2D eigenvalue weighted by atomic mass is 10.4. The van der Waals surface area contributed by atoms with E-state index in [1.165, 1.54) is 11.3 Å². The Morgan fingerprint density at radius 2 is 1.89 bits per heavy atom. The predicted molar refractivity (Wildman–Crippen MR) is 84.1 cm³/mol. The molecule has 0 spiro atoms. The molecule has 0 amide bonds. The highest BCUT2D eigenvalue weighted by Crippen LogP contribution is 2.33. The Labute approximate surface area is 128 Å².